The van der Waals surface area contributed by atoms with Crippen LogP contribution in [0.15, 0.2) is 402 Å². The van der Waals surface area contributed by atoms with Crippen molar-refractivity contribution in [2.24, 2.45) is 21.1 Å². The number of imidazole rings is 3. The third kappa shape index (κ3) is 15.0. The maximum absolute atomic E-state index is 5.11. The van der Waals surface area contributed by atoms with E-state index in [1.807, 2.05) is 169 Å². The topological polar surface area (TPSA) is 132 Å². The van der Waals surface area contributed by atoms with Crippen molar-refractivity contribution in [3.63, 3.8) is 0 Å². The number of pyridine rings is 3. The summed E-state index contributed by atoms with van der Waals surface area (Å²) in [7, 11) is 6.20. The number of hydrogen-bond donors (Lipinski definition) is 0. The number of nitrogens with zero attached hydrogens (tertiary/aromatic N) is 17. The Labute approximate surface area is 808 Å². The molecule has 0 unspecified atom stereocenters. The van der Waals surface area contributed by atoms with Gasteiger partial charge in [0.25, 0.3) is 0 Å². The van der Waals surface area contributed by atoms with Crippen molar-refractivity contribution in [2.75, 3.05) is 0 Å². The van der Waals surface area contributed by atoms with Crippen LogP contribution in [0.1, 0.15) is 0 Å². The second-order valence-electron chi connectivity index (χ2n) is 32.2. The Kier molecular flexibility index (Phi) is 22.4. The molecule has 14 heterocycles. The van der Waals surface area contributed by atoms with E-state index in [1.165, 1.54) is 5.39 Å². The van der Waals surface area contributed by atoms with E-state index in [0.29, 0.717) is 0 Å². The van der Waals surface area contributed by atoms with E-state index in [4.69, 9.17) is 19.9 Å². The van der Waals surface area contributed by atoms with Crippen molar-refractivity contribution in [2.45, 2.75) is 0 Å². The maximum atomic E-state index is 5.11. The van der Waals surface area contributed by atoms with Crippen LogP contribution in [0.25, 0.3) is 212 Å². The third-order valence-electron chi connectivity index (χ3n) is 24.6. The Hall–Kier alpha value is -15.6. The van der Waals surface area contributed by atoms with Crippen LogP contribution in [0.4, 0.5) is 0 Å². The van der Waals surface area contributed by atoms with Gasteiger partial charge in [0, 0.05) is 98.6 Å². The summed E-state index contributed by atoms with van der Waals surface area (Å²) in [5, 5.41) is 6.80. The zero-order valence-corrected chi connectivity index (χ0v) is 78.5. The molecule has 133 heavy (non-hydrogen) atoms. The van der Waals surface area contributed by atoms with Crippen LogP contribution >= 0.6 is 0 Å². The first-order chi connectivity index (χ1) is 64.2. The van der Waals surface area contributed by atoms with Gasteiger partial charge in [-0.2, -0.15) is 0 Å². The first-order valence-corrected chi connectivity index (χ1v) is 43.1. The molecular weight excluding hydrogens is 2180 g/mol. The molecule has 0 saturated carbocycles. The zero-order chi connectivity index (χ0) is 86.4. The summed E-state index contributed by atoms with van der Waals surface area (Å²) in [6, 6.07) is 135. The average Bonchev–Trinajstić information content (AvgIpc) is 1.58. The van der Waals surface area contributed by atoms with E-state index in [1.54, 1.807) is 0 Å². The first-order valence-electron chi connectivity index (χ1n) is 43.1. The number of aromatic nitrogens is 17. The van der Waals surface area contributed by atoms with Gasteiger partial charge in [-0.1, -0.05) is 113 Å². The molecule has 14 aromatic heterocycles. The average molecular weight is 2260 g/mol. The fraction of sp³-hybridized carbons (Fsp3) is 0.0265. The number of hydrogen-bond acceptors (Lipinski definition) is 6. The van der Waals surface area contributed by atoms with Crippen LogP contribution < -0.4 is 0 Å². The fourth-order valence-corrected chi connectivity index (χ4v) is 18.3. The summed E-state index contributed by atoms with van der Waals surface area (Å²) in [5.74, 6) is 3.50. The molecule has 0 aliphatic rings. The van der Waals surface area contributed by atoms with Gasteiger partial charge in [0.2, 0.25) is 0 Å². The van der Waals surface area contributed by atoms with E-state index >= 15 is 0 Å². The molecule has 642 valence electrons. The molecule has 26 aromatic rings. The SMILES string of the molecule is Cn1c(-c2[c-]c3c(cc2)c2cc(-n4cccc4)ccc2n3-c2[c-]c(-c3ccccn3)ccc2-n2cccc2)nc2ccccc21.Cn1c(-c2[c-]c3c(cc2)c2ccccc2n3-c2[c-]c(-c3cccc(-n4cccc4)n3)ccc2)nc2ccccc21.Cn1c(-c2[c-]c3c(cc2-n2cccc2)c2cc(-n4cccc4)ccc2n3-c2[c-]c(-c3ccccn3)ccc2)nc2ccccc21.[Pt+2].[Pt+2].[Pt+2]. The maximum Gasteiger partial charge on any atom is 2.00 e. The predicted molar refractivity (Wildman–Crippen MR) is 521 cm³/mol. The monoisotopic (exact) mass is 2250 g/mol. The summed E-state index contributed by atoms with van der Waals surface area (Å²) in [5.41, 5.74) is 27.6. The molecule has 0 saturated heterocycles. The Bertz CT molecular complexity index is 8780. The number of benzene rings is 12. The van der Waals surface area contributed by atoms with Crippen LogP contribution in [-0.4, -0.2) is 80.1 Å². The number of rotatable bonds is 14. The molecule has 0 amide bonds. The quantitative estimate of drug-likeness (QED) is 0.0996. The van der Waals surface area contributed by atoms with E-state index in [2.05, 4.69) is 351 Å². The van der Waals surface area contributed by atoms with Crippen molar-refractivity contribution in [3.8, 4) is 114 Å². The molecule has 20 heteroatoms. The van der Waals surface area contributed by atoms with Crippen molar-refractivity contribution in [3.05, 3.63) is 438 Å². The van der Waals surface area contributed by atoms with Gasteiger partial charge in [-0.05, 0) is 261 Å². The van der Waals surface area contributed by atoms with Crippen molar-refractivity contribution < 1.29 is 63.2 Å². The number of para-hydroxylation sites is 7. The first kappa shape index (κ1) is 84.2. The van der Waals surface area contributed by atoms with Gasteiger partial charge in [-0.25, -0.2) is 0 Å². The minimum atomic E-state index is 0. The van der Waals surface area contributed by atoms with Gasteiger partial charge < -0.3 is 60.2 Å². The van der Waals surface area contributed by atoms with Crippen LogP contribution in [-0.2, 0) is 84.3 Å². The number of fused-ring (bicyclic) bond motifs is 12. The zero-order valence-electron chi connectivity index (χ0n) is 71.7. The molecule has 0 fully saturated rings. The Morgan fingerprint density at radius 3 is 1.18 bits per heavy atom. The van der Waals surface area contributed by atoms with Gasteiger partial charge in [-0.15, -0.1) is 143 Å². The molecule has 0 radical (unpaired) electrons. The smallest absolute Gasteiger partial charge is 0.367 e. The van der Waals surface area contributed by atoms with Gasteiger partial charge in [0.15, 0.2) is 0 Å². The molecular formula is C113H75N17Pt3. The molecule has 0 N–H and O–H groups in total. The van der Waals surface area contributed by atoms with Gasteiger partial charge in [0.1, 0.15) is 5.82 Å². The third-order valence-corrected chi connectivity index (χ3v) is 24.6. The Morgan fingerprint density at radius 2 is 0.647 bits per heavy atom. The summed E-state index contributed by atoms with van der Waals surface area (Å²) in [6.07, 6.45) is 24.2. The predicted octanol–water partition coefficient (Wildman–Crippen LogP) is 24.9. The van der Waals surface area contributed by atoms with Crippen molar-refractivity contribution in [1.82, 2.24) is 80.1 Å². The van der Waals surface area contributed by atoms with Gasteiger partial charge >= 0.3 is 63.2 Å². The molecule has 0 spiro atoms. The molecule has 26 rings (SSSR count). The van der Waals surface area contributed by atoms with E-state index in [9.17, 15) is 0 Å². The molecule has 17 nitrogen and oxygen atoms in total. The largest absolute Gasteiger partial charge is 2.00 e. The van der Waals surface area contributed by atoms with Crippen molar-refractivity contribution >= 4 is 98.5 Å². The van der Waals surface area contributed by atoms with Crippen molar-refractivity contribution in [1.29, 1.82) is 0 Å². The fourth-order valence-electron chi connectivity index (χ4n) is 18.3. The van der Waals surface area contributed by atoms with Crippen LogP contribution in [0.5, 0.6) is 0 Å². The van der Waals surface area contributed by atoms with E-state index in [-0.39, 0.29) is 63.2 Å². The summed E-state index contributed by atoms with van der Waals surface area (Å²) in [6.45, 7) is 0. The summed E-state index contributed by atoms with van der Waals surface area (Å²) in [4.78, 5) is 29.2. The molecule has 0 atom stereocenters. The normalized spacial score (nSPS) is 11.4. The second-order valence-corrected chi connectivity index (χ2v) is 32.2. The molecule has 12 aromatic carbocycles. The van der Waals surface area contributed by atoms with Gasteiger partial charge in [0.05, 0.1) is 50.6 Å². The van der Waals surface area contributed by atoms with Crippen LogP contribution in [0.3, 0.4) is 0 Å². The number of aryl methyl sites for hydroxylation is 3. The molecule has 0 bridgehead atoms. The second kappa shape index (κ2) is 35.3. The van der Waals surface area contributed by atoms with Gasteiger partial charge in [-0.3, -0.25) is 19.9 Å². The van der Waals surface area contributed by atoms with E-state index < -0.39 is 0 Å². The Morgan fingerprint density at radius 1 is 0.241 bits per heavy atom. The summed E-state index contributed by atoms with van der Waals surface area (Å²) < 4.78 is 23.8. The standard InChI is InChI=1S/2C39H26N6.C35H23N5.3Pt/c1-42-36-15-3-2-14-34(36)41-39(42)32-26-38-31(25-37(32)44-21-8-9-22-44)30-24-28(43-19-6-7-20-43)16-17-35(30)45(38)29-12-10-11-27(23-29)33-13-4-5-18-40-33;1-42-35-12-3-2-11-33(35)41-39(42)28-13-16-30-31-26-29(43-20-6-7-21-43)15-18-34(31)45(37(30)25-28)38-24-27(32-10-4-5-19-40-32)14-17-36(38)44-22-8-9-23-44;1-38-32-16-5-3-13-30(32)37-35(38)25-18-19-28-27-12-2-4-15-31(27)40(33(28)23-25)26-11-8-10-24(22-26)29-14-9-17-34(36-29)39-20-6-7-21-39;;;/h2-22,24-25H,1H3;2-23,26H,1H3;2-21H,1H3;;;/q3*-2;3*+2. The minimum Gasteiger partial charge on any atom is -0.367 e. The summed E-state index contributed by atoms with van der Waals surface area (Å²) >= 11 is 0. The Balaban J connectivity index is 0.000000119. The van der Waals surface area contributed by atoms with Crippen LogP contribution in [0.2, 0.25) is 0 Å². The molecule has 0 aliphatic carbocycles. The minimum absolute atomic E-state index is 0. The molecule has 0 aliphatic heterocycles. The van der Waals surface area contributed by atoms with Crippen LogP contribution in [0, 0.1) is 36.4 Å². The van der Waals surface area contributed by atoms with E-state index in [0.717, 1.165) is 207 Å².